The topological polar surface area (TPSA) is 53.1 Å². The molecule has 0 aliphatic rings. The first-order chi connectivity index (χ1) is 8.61. The van der Waals surface area contributed by atoms with E-state index in [0.29, 0.717) is 6.54 Å². The van der Waals surface area contributed by atoms with Crippen molar-refractivity contribution in [3.05, 3.63) is 47.3 Å². The maximum atomic E-state index is 6.24. The fourth-order valence-electron chi connectivity index (χ4n) is 2.12. The summed E-state index contributed by atoms with van der Waals surface area (Å²) in [5, 5.41) is 4.43. The van der Waals surface area contributed by atoms with Crippen LogP contribution in [0.5, 0.6) is 5.75 Å². The monoisotopic (exact) mass is 245 g/mol. The maximum absolute atomic E-state index is 6.24. The van der Waals surface area contributed by atoms with Crippen molar-refractivity contribution in [2.75, 3.05) is 7.11 Å². The third kappa shape index (κ3) is 2.54. The molecule has 1 aromatic heterocycles. The Bertz CT molecular complexity index is 534. The van der Waals surface area contributed by atoms with Gasteiger partial charge in [0.1, 0.15) is 5.75 Å². The van der Waals surface area contributed by atoms with Crippen LogP contribution >= 0.6 is 0 Å². The number of nitrogens with zero attached hydrogens (tertiary/aromatic N) is 2. The lowest BCUT2D eigenvalue weighted by molar-refractivity contribution is 0.399. The first-order valence-corrected chi connectivity index (χ1v) is 6.01. The van der Waals surface area contributed by atoms with Crippen molar-refractivity contribution in [3.8, 4) is 5.75 Å². The van der Waals surface area contributed by atoms with Crippen LogP contribution in [0, 0.1) is 13.8 Å². The Morgan fingerprint density at radius 2 is 2.06 bits per heavy atom. The Morgan fingerprint density at radius 1 is 1.33 bits per heavy atom. The number of aromatic nitrogens is 2. The van der Waals surface area contributed by atoms with Crippen LogP contribution in [0.25, 0.3) is 0 Å². The Labute approximate surface area is 107 Å². The number of para-hydroxylation sites is 1. The zero-order chi connectivity index (χ0) is 13.1. The number of aryl methyl sites for hydroxylation is 2. The highest BCUT2D eigenvalue weighted by Gasteiger charge is 2.13. The van der Waals surface area contributed by atoms with E-state index >= 15 is 0 Å². The van der Waals surface area contributed by atoms with Gasteiger partial charge in [0.15, 0.2) is 0 Å². The predicted octanol–water partition coefficient (Wildman–Crippen LogP) is 2.21. The van der Waals surface area contributed by atoms with Crippen LogP contribution < -0.4 is 10.5 Å². The van der Waals surface area contributed by atoms with E-state index in [2.05, 4.69) is 11.2 Å². The van der Waals surface area contributed by atoms with Gasteiger partial charge in [-0.05, 0) is 26.0 Å². The number of nitrogens with two attached hydrogens (primary N) is 1. The average Bonchev–Trinajstić information content (AvgIpc) is 2.67. The lowest BCUT2D eigenvalue weighted by atomic mass is 10.1. The van der Waals surface area contributed by atoms with E-state index in [0.717, 1.165) is 22.7 Å². The SMILES string of the molecule is COc1ccccc1C(N)Cn1nc(C)cc1C. The van der Waals surface area contributed by atoms with Gasteiger partial charge in [-0.25, -0.2) is 0 Å². The lowest BCUT2D eigenvalue weighted by Crippen LogP contribution is -2.19. The standard InChI is InChI=1S/C14H19N3O/c1-10-8-11(2)17(16-10)9-13(15)12-6-4-5-7-14(12)18-3/h4-8,13H,9,15H2,1-3H3. The van der Waals surface area contributed by atoms with Crippen LogP contribution in [0.4, 0.5) is 0 Å². The van der Waals surface area contributed by atoms with Crippen molar-refractivity contribution in [1.82, 2.24) is 9.78 Å². The molecular formula is C14H19N3O. The third-order valence-electron chi connectivity index (χ3n) is 3.01. The van der Waals surface area contributed by atoms with Gasteiger partial charge in [0, 0.05) is 11.3 Å². The molecule has 1 aromatic carbocycles. The van der Waals surface area contributed by atoms with Gasteiger partial charge in [-0.3, -0.25) is 4.68 Å². The molecule has 1 atom stereocenters. The van der Waals surface area contributed by atoms with Crippen LogP contribution in [-0.4, -0.2) is 16.9 Å². The van der Waals surface area contributed by atoms with Gasteiger partial charge in [-0.2, -0.15) is 5.10 Å². The summed E-state index contributed by atoms with van der Waals surface area (Å²) >= 11 is 0. The third-order valence-corrected chi connectivity index (χ3v) is 3.01. The van der Waals surface area contributed by atoms with E-state index in [4.69, 9.17) is 10.5 Å². The smallest absolute Gasteiger partial charge is 0.123 e. The van der Waals surface area contributed by atoms with Crippen LogP contribution in [0.1, 0.15) is 23.0 Å². The minimum atomic E-state index is -0.126. The van der Waals surface area contributed by atoms with Crippen molar-refractivity contribution < 1.29 is 4.74 Å². The van der Waals surface area contributed by atoms with E-state index in [1.165, 1.54) is 0 Å². The summed E-state index contributed by atoms with van der Waals surface area (Å²) in [6.07, 6.45) is 0. The summed E-state index contributed by atoms with van der Waals surface area (Å²) < 4.78 is 7.27. The lowest BCUT2D eigenvalue weighted by Gasteiger charge is -2.16. The van der Waals surface area contributed by atoms with E-state index in [-0.39, 0.29) is 6.04 Å². The zero-order valence-corrected chi connectivity index (χ0v) is 11.1. The molecule has 0 aliphatic heterocycles. The van der Waals surface area contributed by atoms with Crippen molar-refractivity contribution >= 4 is 0 Å². The van der Waals surface area contributed by atoms with Crippen molar-refractivity contribution in [1.29, 1.82) is 0 Å². The minimum Gasteiger partial charge on any atom is -0.496 e. The van der Waals surface area contributed by atoms with Gasteiger partial charge in [0.05, 0.1) is 25.4 Å². The van der Waals surface area contributed by atoms with Crippen LogP contribution in [0.2, 0.25) is 0 Å². The van der Waals surface area contributed by atoms with Gasteiger partial charge >= 0.3 is 0 Å². The molecule has 2 N–H and O–H groups in total. The Kier molecular flexibility index (Phi) is 3.67. The molecule has 0 amide bonds. The van der Waals surface area contributed by atoms with E-state index < -0.39 is 0 Å². The summed E-state index contributed by atoms with van der Waals surface area (Å²) in [6, 6.07) is 9.76. The minimum absolute atomic E-state index is 0.126. The molecule has 0 radical (unpaired) electrons. The van der Waals surface area contributed by atoms with Gasteiger partial charge in [0.25, 0.3) is 0 Å². The highest BCUT2D eigenvalue weighted by molar-refractivity contribution is 5.35. The zero-order valence-electron chi connectivity index (χ0n) is 11.1. The summed E-state index contributed by atoms with van der Waals surface area (Å²) in [7, 11) is 1.66. The first kappa shape index (κ1) is 12.6. The summed E-state index contributed by atoms with van der Waals surface area (Å²) in [6.45, 7) is 4.67. The van der Waals surface area contributed by atoms with Crippen LogP contribution in [-0.2, 0) is 6.54 Å². The number of benzene rings is 1. The molecular weight excluding hydrogens is 226 g/mol. The Balaban J connectivity index is 2.21. The van der Waals surface area contributed by atoms with Crippen LogP contribution in [0.3, 0.4) is 0 Å². The number of hydrogen-bond donors (Lipinski definition) is 1. The normalized spacial score (nSPS) is 12.4. The average molecular weight is 245 g/mol. The van der Waals surface area contributed by atoms with Crippen molar-refractivity contribution in [3.63, 3.8) is 0 Å². The fraction of sp³-hybridized carbons (Fsp3) is 0.357. The van der Waals surface area contributed by atoms with E-state index in [1.807, 2.05) is 42.8 Å². The maximum Gasteiger partial charge on any atom is 0.123 e. The van der Waals surface area contributed by atoms with Gasteiger partial charge in [-0.1, -0.05) is 18.2 Å². The molecule has 1 unspecified atom stereocenters. The molecule has 0 saturated heterocycles. The molecule has 2 rings (SSSR count). The largest absolute Gasteiger partial charge is 0.496 e. The molecule has 1 heterocycles. The quantitative estimate of drug-likeness (QED) is 0.898. The Morgan fingerprint density at radius 3 is 2.67 bits per heavy atom. The second kappa shape index (κ2) is 5.23. The molecule has 0 fully saturated rings. The second-order valence-corrected chi connectivity index (χ2v) is 4.46. The van der Waals surface area contributed by atoms with Gasteiger partial charge < -0.3 is 10.5 Å². The van der Waals surface area contributed by atoms with Gasteiger partial charge in [-0.15, -0.1) is 0 Å². The molecule has 2 aromatic rings. The molecule has 0 aliphatic carbocycles. The second-order valence-electron chi connectivity index (χ2n) is 4.46. The highest BCUT2D eigenvalue weighted by atomic mass is 16.5. The summed E-state index contributed by atoms with van der Waals surface area (Å²) in [5.74, 6) is 0.825. The molecule has 4 nitrogen and oxygen atoms in total. The Hall–Kier alpha value is -1.81. The number of hydrogen-bond acceptors (Lipinski definition) is 3. The molecule has 18 heavy (non-hydrogen) atoms. The van der Waals surface area contributed by atoms with Gasteiger partial charge in [0.2, 0.25) is 0 Å². The predicted molar refractivity (Wildman–Crippen MR) is 71.6 cm³/mol. The number of methoxy groups -OCH3 is 1. The molecule has 0 spiro atoms. The van der Waals surface area contributed by atoms with Crippen molar-refractivity contribution in [2.45, 2.75) is 26.4 Å². The fourth-order valence-corrected chi connectivity index (χ4v) is 2.12. The molecule has 0 bridgehead atoms. The molecule has 96 valence electrons. The first-order valence-electron chi connectivity index (χ1n) is 6.01. The summed E-state index contributed by atoms with van der Waals surface area (Å²) in [5.41, 5.74) is 9.38. The highest BCUT2D eigenvalue weighted by Crippen LogP contribution is 2.24. The molecule has 0 saturated carbocycles. The number of ether oxygens (including phenoxy) is 1. The molecule has 4 heteroatoms. The summed E-state index contributed by atoms with van der Waals surface area (Å²) in [4.78, 5) is 0. The van der Waals surface area contributed by atoms with E-state index in [9.17, 15) is 0 Å². The van der Waals surface area contributed by atoms with E-state index in [1.54, 1.807) is 7.11 Å². The van der Waals surface area contributed by atoms with Crippen LogP contribution in [0.15, 0.2) is 30.3 Å². The van der Waals surface area contributed by atoms with Crippen molar-refractivity contribution in [2.24, 2.45) is 5.73 Å². The number of rotatable bonds is 4.